The second-order valence-electron chi connectivity index (χ2n) is 8.25. The van der Waals surface area contributed by atoms with E-state index in [4.69, 9.17) is 14.2 Å². The molecule has 0 aliphatic carbocycles. The lowest BCUT2D eigenvalue weighted by atomic mass is 10.0. The molecule has 0 atom stereocenters. The molecule has 0 saturated carbocycles. The molecule has 9 heteroatoms. The number of ether oxygens (including phenoxy) is 3. The molecule has 192 valence electrons. The summed E-state index contributed by atoms with van der Waals surface area (Å²) in [6.45, 7) is 4.16. The fraction of sp³-hybridized carbons (Fsp3) is 0.296. The van der Waals surface area contributed by atoms with Crippen molar-refractivity contribution in [3.05, 3.63) is 78.4 Å². The quantitative estimate of drug-likeness (QED) is 0.365. The van der Waals surface area contributed by atoms with Gasteiger partial charge in [0.05, 0.1) is 31.3 Å². The number of anilines is 1. The number of sulfonamides is 1. The maximum atomic E-state index is 13.6. The van der Waals surface area contributed by atoms with E-state index in [2.05, 4.69) is 19.2 Å². The lowest BCUT2D eigenvalue weighted by molar-refractivity contribution is -0.119. The van der Waals surface area contributed by atoms with Gasteiger partial charge in [-0.2, -0.15) is 0 Å². The SMILES string of the molecule is COc1ccc(OC)c(N(CC(=O)NCCOc2ccccc2C(C)C)S(=O)(=O)c2ccccc2)c1. The van der Waals surface area contributed by atoms with Crippen LogP contribution in [0.15, 0.2) is 77.7 Å². The number of nitrogens with zero attached hydrogens (tertiary/aromatic N) is 1. The summed E-state index contributed by atoms with van der Waals surface area (Å²) in [7, 11) is -1.18. The molecule has 0 aromatic heterocycles. The fourth-order valence-corrected chi connectivity index (χ4v) is 5.08. The second kappa shape index (κ2) is 12.3. The van der Waals surface area contributed by atoms with E-state index in [-0.39, 0.29) is 29.5 Å². The zero-order valence-electron chi connectivity index (χ0n) is 20.9. The van der Waals surface area contributed by atoms with E-state index in [0.29, 0.717) is 11.7 Å². The number of hydrogen-bond donors (Lipinski definition) is 1. The van der Waals surface area contributed by atoms with Crippen molar-refractivity contribution in [2.45, 2.75) is 24.7 Å². The molecule has 8 nitrogen and oxygen atoms in total. The van der Waals surface area contributed by atoms with Crippen LogP contribution < -0.4 is 23.8 Å². The third kappa shape index (κ3) is 6.48. The van der Waals surface area contributed by atoms with E-state index in [1.807, 2.05) is 24.3 Å². The zero-order valence-corrected chi connectivity index (χ0v) is 21.7. The van der Waals surface area contributed by atoms with Gasteiger partial charge in [-0.1, -0.05) is 50.2 Å². The topological polar surface area (TPSA) is 94.2 Å². The number of carbonyl (C=O) groups excluding carboxylic acids is 1. The molecule has 0 unspecified atom stereocenters. The average molecular weight is 513 g/mol. The first-order chi connectivity index (χ1) is 17.3. The third-order valence-electron chi connectivity index (χ3n) is 5.50. The minimum Gasteiger partial charge on any atom is -0.497 e. The average Bonchev–Trinajstić information content (AvgIpc) is 2.90. The maximum absolute atomic E-state index is 13.6. The van der Waals surface area contributed by atoms with Crippen LogP contribution in [-0.2, 0) is 14.8 Å². The van der Waals surface area contributed by atoms with Crippen LogP contribution in [0.4, 0.5) is 5.69 Å². The van der Waals surface area contributed by atoms with Crippen molar-refractivity contribution in [2.24, 2.45) is 0 Å². The second-order valence-corrected chi connectivity index (χ2v) is 10.1. The Morgan fingerprint density at radius 2 is 1.61 bits per heavy atom. The summed E-state index contributed by atoms with van der Waals surface area (Å²) in [5, 5.41) is 2.75. The Morgan fingerprint density at radius 1 is 0.917 bits per heavy atom. The Bertz CT molecular complexity index is 1260. The fourth-order valence-electron chi connectivity index (χ4n) is 3.64. The first kappa shape index (κ1) is 26.9. The van der Waals surface area contributed by atoms with E-state index in [9.17, 15) is 13.2 Å². The van der Waals surface area contributed by atoms with Crippen molar-refractivity contribution in [1.82, 2.24) is 5.32 Å². The first-order valence-corrected chi connectivity index (χ1v) is 13.0. The van der Waals surface area contributed by atoms with Crippen LogP contribution in [0.1, 0.15) is 25.3 Å². The Balaban J connectivity index is 1.79. The van der Waals surface area contributed by atoms with E-state index >= 15 is 0 Å². The van der Waals surface area contributed by atoms with Gasteiger partial charge in [-0.3, -0.25) is 9.10 Å². The summed E-state index contributed by atoms with van der Waals surface area (Å²) < 4.78 is 44.7. The number of methoxy groups -OCH3 is 2. The van der Waals surface area contributed by atoms with Gasteiger partial charge in [0, 0.05) is 6.07 Å². The van der Waals surface area contributed by atoms with Crippen LogP contribution in [0.3, 0.4) is 0 Å². The first-order valence-electron chi connectivity index (χ1n) is 11.6. The van der Waals surface area contributed by atoms with Crippen LogP contribution >= 0.6 is 0 Å². The molecule has 3 aromatic carbocycles. The number of carbonyl (C=O) groups is 1. The summed E-state index contributed by atoms with van der Waals surface area (Å²) in [6.07, 6.45) is 0. The zero-order chi connectivity index (χ0) is 26.1. The van der Waals surface area contributed by atoms with Crippen LogP contribution in [0.25, 0.3) is 0 Å². The molecule has 36 heavy (non-hydrogen) atoms. The molecular formula is C27H32N2O6S. The molecule has 0 fully saturated rings. The molecular weight excluding hydrogens is 480 g/mol. The van der Waals surface area contributed by atoms with E-state index in [1.54, 1.807) is 30.3 Å². The van der Waals surface area contributed by atoms with Gasteiger partial charge in [0.2, 0.25) is 5.91 Å². The minimum atomic E-state index is -4.09. The predicted octanol–water partition coefficient (Wildman–Crippen LogP) is 4.22. The molecule has 0 spiro atoms. The van der Waals surface area contributed by atoms with Gasteiger partial charge in [-0.15, -0.1) is 0 Å². The number of para-hydroxylation sites is 1. The Morgan fingerprint density at radius 3 is 2.28 bits per heavy atom. The number of hydrogen-bond acceptors (Lipinski definition) is 6. The summed E-state index contributed by atoms with van der Waals surface area (Å²) >= 11 is 0. The normalized spacial score (nSPS) is 11.1. The Labute approximate surface area is 212 Å². The molecule has 0 aliphatic heterocycles. The number of amides is 1. The smallest absolute Gasteiger partial charge is 0.264 e. The highest BCUT2D eigenvalue weighted by Crippen LogP contribution is 2.35. The van der Waals surface area contributed by atoms with Crippen molar-refractivity contribution < 1.29 is 27.4 Å². The Hall–Kier alpha value is -3.72. The van der Waals surface area contributed by atoms with E-state index < -0.39 is 22.5 Å². The van der Waals surface area contributed by atoms with Crippen LogP contribution in [-0.4, -0.2) is 48.2 Å². The van der Waals surface area contributed by atoms with Crippen molar-refractivity contribution in [3.63, 3.8) is 0 Å². The molecule has 0 bridgehead atoms. The molecule has 0 heterocycles. The van der Waals surface area contributed by atoms with Crippen LogP contribution in [0.2, 0.25) is 0 Å². The van der Waals surface area contributed by atoms with E-state index in [1.165, 1.54) is 32.4 Å². The lowest BCUT2D eigenvalue weighted by Crippen LogP contribution is -2.42. The third-order valence-corrected chi connectivity index (χ3v) is 7.27. The molecule has 3 rings (SSSR count). The maximum Gasteiger partial charge on any atom is 0.264 e. The largest absolute Gasteiger partial charge is 0.497 e. The monoisotopic (exact) mass is 512 g/mol. The predicted molar refractivity (Wildman–Crippen MR) is 140 cm³/mol. The van der Waals surface area contributed by atoms with Gasteiger partial charge in [-0.25, -0.2) is 8.42 Å². The minimum absolute atomic E-state index is 0.0521. The van der Waals surface area contributed by atoms with Crippen molar-refractivity contribution in [1.29, 1.82) is 0 Å². The summed E-state index contributed by atoms with van der Waals surface area (Å²) in [5.74, 6) is 1.29. The number of nitrogens with one attached hydrogen (secondary N) is 1. The van der Waals surface area contributed by atoms with Gasteiger partial charge < -0.3 is 19.5 Å². The summed E-state index contributed by atoms with van der Waals surface area (Å²) in [5.41, 5.74) is 1.27. The molecule has 0 saturated heterocycles. The van der Waals surface area contributed by atoms with Crippen LogP contribution in [0, 0.1) is 0 Å². The lowest BCUT2D eigenvalue weighted by Gasteiger charge is -2.26. The summed E-state index contributed by atoms with van der Waals surface area (Å²) in [4.78, 5) is 13.0. The number of rotatable bonds is 12. The highest BCUT2D eigenvalue weighted by Gasteiger charge is 2.29. The van der Waals surface area contributed by atoms with Gasteiger partial charge in [-0.05, 0) is 41.8 Å². The van der Waals surface area contributed by atoms with Gasteiger partial charge >= 0.3 is 0 Å². The van der Waals surface area contributed by atoms with Crippen molar-refractivity contribution in [2.75, 3.05) is 38.2 Å². The molecule has 0 aliphatic rings. The van der Waals surface area contributed by atoms with E-state index in [0.717, 1.165) is 15.6 Å². The Kier molecular flexibility index (Phi) is 9.19. The van der Waals surface area contributed by atoms with Crippen molar-refractivity contribution >= 4 is 21.6 Å². The molecule has 3 aromatic rings. The highest BCUT2D eigenvalue weighted by molar-refractivity contribution is 7.92. The number of benzene rings is 3. The van der Waals surface area contributed by atoms with Gasteiger partial charge in [0.15, 0.2) is 0 Å². The molecule has 1 N–H and O–H groups in total. The summed E-state index contributed by atoms with van der Waals surface area (Å²) in [6, 6.07) is 20.5. The van der Waals surface area contributed by atoms with Crippen molar-refractivity contribution in [3.8, 4) is 17.2 Å². The standard InChI is InChI=1S/C27H32N2O6S/c1-20(2)23-12-8-9-13-25(23)35-17-16-28-27(30)19-29(36(31,32)22-10-6-5-7-11-22)24-18-21(33-3)14-15-26(24)34-4/h5-15,18,20H,16-17,19H2,1-4H3,(H,28,30). The molecule has 0 radical (unpaired) electrons. The van der Waals surface area contributed by atoms with Crippen LogP contribution in [0.5, 0.6) is 17.2 Å². The highest BCUT2D eigenvalue weighted by atomic mass is 32.2. The molecule has 1 amide bonds. The van der Waals surface area contributed by atoms with Gasteiger partial charge in [0.25, 0.3) is 10.0 Å². The van der Waals surface area contributed by atoms with Gasteiger partial charge in [0.1, 0.15) is 30.4 Å².